The van der Waals surface area contributed by atoms with Crippen LogP contribution in [0.25, 0.3) is 0 Å². The monoisotopic (exact) mass is 354 g/mol. The molecule has 2 unspecified atom stereocenters. The first-order valence-corrected chi connectivity index (χ1v) is 8.58. The molecule has 2 rings (SSSR count). The number of nitrogens with one attached hydrogen (secondary N) is 1. The van der Waals surface area contributed by atoms with Gasteiger partial charge in [-0.2, -0.15) is 0 Å². The molecule has 0 spiro atoms. The van der Waals surface area contributed by atoms with Gasteiger partial charge in [-0.25, -0.2) is 0 Å². The maximum Gasteiger partial charge on any atom is 0.119 e. The molecule has 1 heterocycles. The van der Waals surface area contributed by atoms with E-state index in [1.807, 2.05) is 6.07 Å². The molecule has 1 saturated heterocycles. The minimum Gasteiger partial charge on any atom is -0.497 e. The van der Waals surface area contributed by atoms with E-state index in [4.69, 9.17) is 4.74 Å². The molecule has 1 aliphatic heterocycles. The van der Waals surface area contributed by atoms with Gasteiger partial charge in [0.15, 0.2) is 0 Å². The summed E-state index contributed by atoms with van der Waals surface area (Å²) < 4.78 is 6.52. The Morgan fingerprint density at radius 3 is 2.86 bits per heavy atom. The lowest BCUT2D eigenvalue weighted by Crippen LogP contribution is -2.55. The Labute approximate surface area is 137 Å². The fourth-order valence-electron chi connectivity index (χ4n) is 3.02. The molecule has 1 aromatic rings. The van der Waals surface area contributed by atoms with E-state index < -0.39 is 0 Å². The number of halogens is 1. The SMILES string of the molecule is COc1ccc(Br)c(CN2CC(C)NCC2CC(C)C)c1. The maximum atomic E-state index is 5.36. The van der Waals surface area contributed by atoms with Crippen LogP contribution in [0.3, 0.4) is 0 Å². The summed E-state index contributed by atoms with van der Waals surface area (Å²) in [4.78, 5) is 2.61. The Balaban J connectivity index is 2.13. The first-order chi connectivity index (χ1) is 9.99. The summed E-state index contributed by atoms with van der Waals surface area (Å²) in [6.07, 6.45) is 1.24. The molecule has 1 fully saturated rings. The van der Waals surface area contributed by atoms with Crippen molar-refractivity contribution in [1.82, 2.24) is 10.2 Å². The molecule has 21 heavy (non-hydrogen) atoms. The van der Waals surface area contributed by atoms with Crippen molar-refractivity contribution in [3.63, 3.8) is 0 Å². The van der Waals surface area contributed by atoms with Gasteiger partial charge in [0.05, 0.1) is 7.11 Å². The van der Waals surface area contributed by atoms with Crippen molar-refractivity contribution < 1.29 is 4.74 Å². The predicted molar refractivity (Wildman–Crippen MR) is 91.8 cm³/mol. The van der Waals surface area contributed by atoms with E-state index in [2.05, 4.69) is 59.1 Å². The average Bonchev–Trinajstić information content (AvgIpc) is 2.44. The van der Waals surface area contributed by atoms with Gasteiger partial charge in [0.25, 0.3) is 0 Å². The molecular formula is C17H27BrN2O. The minimum atomic E-state index is 0.554. The molecule has 3 nitrogen and oxygen atoms in total. The van der Waals surface area contributed by atoms with E-state index in [0.717, 1.165) is 35.8 Å². The molecular weight excluding hydrogens is 328 g/mol. The summed E-state index contributed by atoms with van der Waals surface area (Å²) in [5.41, 5.74) is 1.30. The summed E-state index contributed by atoms with van der Waals surface area (Å²) in [6.45, 7) is 10.0. The Kier molecular flexibility index (Phi) is 6.08. The number of methoxy groups -OCH3 is 1. The Morgan fingerprint density at radius 1 is 1.43 bits per heavy atom. The third-order valence-electron chi connectivity index (χ3n) is 4.10. The van der Waals surface area contributed by atoms with Gasteiger partial charge in [0.1, 0.15) is 5.75 Å². The number of rotatable bonds is 5. The smallest absolute Gasteiger partial charge is 0.119 e. The molecule has 1 N–H and O–H groups in total. The zero-order chi connectivity index (χ0) is 15.4. The topological polar surface area (TPSA) is 24.5 Å². The lowest BCUT2D eigenvalue weighted by atomic mass is 9.98. The van der Waals surface area contributed by atoms with E-state index in [1.54, 1.807) is 7.11 Å². The number of piperazine rings is 1. The molecule has 0 amide bonds. The Hall–Kier alpha value is -0.580. The minimum absolute atomic E-state index is 0.554. The number of hydrogen-bond donors (Lipinski definition) is 1. The summed E-state index contributed by atoms with van der Waals surface area (Å²) in [5, 5.41) is 3.61. The second-order valence-electron chi connectivity index (χ2n) is 6.48. The summed E-state index contributed by atoms with van der Waals surface area (Å²) in [6, 6.07) is 7.39. The summed E-state index contributed by atoms with van der Waals surface area (Å²) >= 11 is 3.67. The highest BCUT2D eigenvalue weighted by Crippen LogP contribution is 2.26. The molecule has 0 saturated carbocycles. The number of ether oxygens (including phenoxy) is 1. The van der Waals surface area contributed by atoms with Crippen LogP contribution in [0.1, 0.15) is 32.8 Å². The van der Waals surface area contributed by atoms with E-state index in [-0.39, 0.29) is 0 Å². The zero-order valence-electron chi connectivity index (χ0n) is 13.5. The molecule has 0 radical (unpaired) electrons. The van der Waals surface area contributed by atoms with Gasteiger partial charge in [-0.1, -0.05) is 29.8 Å². The molecule has 118 valence electrons. The van der Waals surface area contributed by atoms with Crippen LogP contribution in [0.15, 0.2) is 22.7 Å². The largest absolute Gasteiger partial charge is 0.497 e. The molecule has 2 atom stereocenters. The number of benzene rings is 1. The van der Waals surface area contributed by atoms with Crippen LogP contribution in [0.2, 0.25) is 0 Å². The molecule has 1 aromatic carbocycles. The second-order valence-corrected chi connectivity index (χ2v) is 7.33. The fourth-order valence-corrected chi connectivity index (χ4v) is 3.39. The molecule has 0 aromatic heterocycles. The van der Waals surface area contributed by atoms with Gasteiger partial charge in [0.2, 0.25) is 0 Å². The molecule has 4 heteroatoms. The molecule has 0 bridgehead atoms. The first kappa shape index (κ1) is 16.8. The lowest BCUT2D eigenvalue weighted by molar-refractivity contribution is 0.111. The van der Waals surface area contributed by atoms with Crippen molar-refractivity contribution in [2.75, 3.05) is 20.2 Å². The lowest BCUT2D eigenvalue weighted by Gasteiger charge is -2.40. The van der Waals surface area contributed by atoms with Gasteiger partial charge >= 0.3 is 0 Å². The third-order valence-corrected chi connectivity index (χ3v) is 4.87. The highest BCUT2D eigenvalue weighted by atomic mass is 79.9. The molecule has 1 aliphatic rings. The van der Waals surface area contributed by atoms with Gasteiger partial charge < -0.3 is 10.1 Å². The van der Waals surface area contributed by atoms with Crippen LogP contribution in [-0.4, -0.2) is 37.2 Å². The second kappa shape index (κ2) is 7.61. The van der Waals surface area contributed by atoms with Gasteiger partial charge in [-0.05, 0) is 43.0 Å². The van der Waals surface area contributed by atoms with Crippen LogP contribution in [0, 0.1) is 5.92 Å². The van der Waals surface area contributed by atoms with E-state index in [1.165, 1.54) is 12.0 Å². The third kappa shape index (κ3) is 4.70. The van der Waals surface area contributed by atoms with Crippen LogP contribution >= 0.6 is 15.9 Å². The number of nitrogens with zero attached hydrogens (tertiary/aromatic N) is 1. The van der Waals surface area contributed by atoms with Crippen LogP contribution in [0.4, 0.5) is 0 Å². The van der Waals surface area contributed by atoms with Crippen molar-refractivity contribution in [1.29, 1.82) is 0 Å². The number of hydrogen-bond acceptors (Lipinski definition) is 3. The predicted octanol–water partition coefficient (Wildman–Crippen LogP) is 3.67. The average molecular weight is 355 g/mol. The van der Waals surface area contributed by atoms with Crippen LogP contribution in [0.5, 0.6) is 5.75 Å². The normalized spacial score (nSPS) is 23.5. The van der Waals surface area contributed by atoms with Crippen molar-refractivity contribution >= 4 is 15.9 Å². The summed E-state index contributed by atoms with van der Waals surface area (Å²) in [7, 11) is 1.72. The highest BCUT2D eigenvalue weighted by Gasteiger charge is 2.26. The van der Waals surface area contributed by atoms with Gasteiger partial charge in [0, 0.05) is 36.2 Å². The van der Waals surface area contributed by atoms with Crippen LogP contribution in [-0.2, 0) is 6.54 Å². The van der Waals surface area contributed by atoms with Crippen molar-refractivity contribution in [3.8, 4) is 5.75 Å². The molecule has 0 aliphatic carbocycles. The van der Waals surface area contributed by atoms with Crippen molar-refractivity contribution in [3.05, 3.63) is 28.2 Å². The van der Waals surface area contributed by atoms with Gasteiger partial charge in [-0.15, -0.1) is 0 Å². The van der Waals surface area contributed by atoms with Gasteiger partial charge in [-0.3, -0.25) is 4.90 Å². The first-order valence-electron chi connectivity index (χ1n) is 7.79. The standard InChI is InChI=1S/C17H27BrN2O/c1-12(2)7-15-9-19-13(3)10-20(15)11-14-8-16(21-4)5-6-17(14)18/h5-6,8,12-13,15,19H,7,9-11H2,1-4H3. The highest BCUT2D eigenvalue weighted by molar-refractivity contribution is 9.10. The van der Waals surface area contributed by atoms with E-state index >= 15 is 0 Å². The van der Waals surface area contributed by atoms with Crippen LogP contribution < -0.4 is 10.1 Å². The van der Waals surface area contributed by atoms with Crippen molar-refractivity contribution in [2.24, 2.45) is 5.92 Å². The van der Waals surface area contributed by atoms with Crippen molar-refractivity contribution in [2.45, 2.75) is 45.8 Å². The Bertz CT molecular complexity index is 464. The summed E-state index contributed by atoms with van der Waals surface area (Å²) in [5.74, 6) is 1.65. The quantitative estimate of drug-likeness (QED) is 0.872. The Morgan fingerprint density at radius 2 is 2.19 bits per heavy atom. The maximum absolute atomic E-state index is 5.36. The zero-order valence-corrected chi connectivity index (χ0v) is 15.1. The van der Waals surface area contributed by atoms with E-state index in [0.29, 0.717) is 12.1 Å². The van der Waals surface area contributed by atoms with E-state index in [9.17, 15) is 0 Å². The fraction of sp³-hybridized carbons (Fsp3) is 0.647.